The van der Waals surface area contributed by atoms with Gasteiger partial charge in [-0.3, -0.25) is 0 Å². The van der Waals surface area contributed by atoms with Gasteiger partial charge in [-0.05, 0) is 81.0 Å². The summed E-state index contributed by atoms with van der Waals surface area (Å²) in [4.78, 5) is 4.88. The van der Waals surface area contributed by atoms with Crippen molar-refractivity contribution in [2.75, 3.05) is 6.61 Å². The van der Waals surface area contributed by atoms with Crippen LogP contribution in [-0.2, 0) is 13.0 Å². The normalized spacial score (nSPS) is 11.4. The second-order valence-corrected chi connectivity index (χ2v) is 7.24. The molecule has 0 saturated carbocycles. The number of imidazole rings is 1. The minimum Gasteiger partial charge on any atom is -0.396 e. The van der Waals surface area contributed by atoms with Crippen molar-refractivity contribution >= 4 is 11.0 Å². The van der Waals surface area contributed by atoms with Crippen molar-refractivity contribution in [1.82, 2.24) is 9.55 Å². The molecule has 0 spiro atoms. The van der Waals surface area contributed by atoms with Gasteiger partial charge in [0.2, 0.25) is 0 Å². The van der Waals surface area contributed by atoms with Crippen molar-refractivity contribution in [3.05, 3.63) is 63.5 Å². The van der Waals surface area contributed by atoms with Crippen LogP contribution in [0.4, 0.5) is 0 Å². The van der Waals surface area contributed by atoms with Crippen molar-refractivity contribution in [2.24, 2.45) is 0 Å². The molecule has 0 aliphatic rings. The summed E-state index contributed by atoms with van der Waals surface area (Å²) in [6.07, 6.45) is 1.54. The molecule has 0 atom stereocenters. The first-order chi connectivity index (χ1) is 11.9. The lowest BCUT2D eigenvalue weighted by molar-refractivity contribution is 0.287. The van der Waals surface area contributed by atoms with E-state index in [-0.39, 0.29) is 6.61 Å². The summed E-state index contributed by atoms with van der Waals surface area (Å²) in [5.74, 6) is 1.06. The zero-order valence-electron chi connectivity index (χ0n) is 16.0. The Kier molecular flexibility index (Phi) is 4.96. The van der Waals surface area contributed by atoms with Gasteiger partial charge in [0.1, 0.15) is 5.82 Å². The van der Waals surface area contributed by atoms with Crippen LogP contribution in [0.1, 0.15) is 45.6 Å². The lowest BCUT2D eigenvalue weighted by atomic mass is 9.99. The van der Waals surface area contributed by atoms with E-state index in [4.69, 9.17) is 4.98 Å². The molecule has 0 saturated heterocycles. The van der Waals surface area contributed by atoms with Crippen molar-refractivity contribution in [1.29, 1.82) is 0 Å². The maximum Gasteiger partial charge on any atom is 0.110 e. The molecule has 1 aromatic heterocycles. The number of aryl methyl sites for hydroxylation is 6. The molecule has 3 aromatic rings. The van der Waals surface area contributed by atoms with Gasteiger partial charge in [0.15, 0.2) is 0 Å². The van der Waals surface area contributed by atoms with E-state index >= 15 is 0 Å². The summed E-state index contributed by atoms with van der Waals surface area (Å²) in [5, 5.41) is 9.25. The van der Waals surface area contributed by atoms with Crippen LogP contribution in [0, 0.1) is 34.6 Å². The van der Waals surface area contributed by atoms with E-state index in [0.29, 0.717) is 0 Å². The van der Waals surface area contributed by atoms with Crippen molar-refractivity contribution in [3.8, 4) is 0 Å². The van der Waals surface area contributed by atoms with Crippen LogP contribution >= 0.6 is 0 Å². The fourth-order valence-electron chi connectivity index (χ4n) is 3.65. The first kappa shape index (κ1) is 17.7. The third-order valence-electron chi connectivity index (χ3n) is 5.16. The molecule has 25 heavy (non-hydrogen) atoms. The summed E-state index contributed by atoms with van der Waals surface area (Å²) in [7, 11) is 0. The van der Waals surface area contributed by atoms with Crippen LogP contribution in [0.25, 0.3) is 11.0 Å². The van der Waals surface area contributed by atoms with E-state index in [0.717, 1.165) is 30.7 Å². The Balaban J connectivity index is 2.14. The number of hydrogen-bond donors (Lipinski definition) is 1. The van der Waals surface area contributed by atoms with Crippen LogP contribution in [0.2, 0.25) is 0 Å². The predicted molar refractivity (Wildman–Crippen MR) is 104 cm³/mol. The molecule has 1 heterocycles. The fourth-order valence-corrected chi connectivity index (χ4v) is 3.65. The molecule has 0 bridgehead atoms. The molecule has 0 fully saturated rings. The summed E-state index contributed by atoms with van der Waals surface area (Å²) in [6.45, 7) is 11.8. The SMILES string of the molecule is Cc1cc(C)c(Cn2c(CCCO)nc3cc(C)c(C)cc32)c(C)c1. The van der Waals surface area contributed by atoms with Gasteiger partial charge >= 0.3 is 0 Å². The number of rotatable bonds is 5. The van der Waals surface area contributed by atoms with Gasteiger partial charge in [0, 0.05) is 19.6 Å². The zero-order valence-corrected chi connectivity index (χ0v) is 16.0. The van der Waals surface area contributed by atoms with Gasteiger partial charge in [-0.1, -0.05) is 17.7 Å². The minimum absolute atomic E-state index is 0.198. The highest BCUT2D eigenvalue weighted by molar-refractivity contribution is 5.78. The molecule has 0 aliphatic carbocycles. The molecular weight excluding hydrogens is 308 g/mol. The molecule has 0 amide bonds. The van der Waals surface area contributed by atoms with E-state index in [2.05, 4.69) is 63.5 Å². The molecular formula is C22H28N2O. The quantitative estimate of drug-likeness (QED) is 0.742. The Morgan fingerprint density at radius 1 is 0.880 bits per heavy atom. The van der Waals surface area contributed by atoms with Crippen LogP contribution < -0.4 is 0 Å². The van der Waals surface area contributed by atoms with E-state index in [9.17, 15) is 5.11 Å². The molecule has 0 radical (unpaired) electrons. The van der Waals surface area contributed by atoms with Crippen LogP contribution in [0.5, 0.6) is 0 Å². The Morgan fingerprint density at radius 3 is 2.16 bits per heavy atom. The van der Waals surface area contributed by atoms with Gasteiger partial charge in [-0.25, -0.2) is 4.98 Å². The maximum absolute atomic E-state index is 9.25. The highest BCUT2D eigenvalue weighted by Gasteiger charge is 2.14. The van der Waals surface area contributed by atoms with E-state index in [1.165, 1.54) is 38.9 Å². The van der Waals surface area contributed by atoms with E-state index in [1.54, 1.807) is 0 Å². The maximum atomic E-state index is 9.25. The Hall–Kier alpha value is -2.13. The standard InChI is InChI=1S/C22H28N2O/c1-14-9-17(4)19(18(5)10-14)13-24-21-12-16(3)15(2)11-20(21)23-22(24)7-6-8-25/h9-12,25H,6-8,13H2,1-5H3. The van der Waals surface area contributed by atoms with Crippen molar-refractivity contribution in [2.45, 2.75) is 54.0 Å². The predicted octanol–water partition coefficient (Wildman–Crippen LogP) is 4.55. The van der Waals surface area contributed by atoms with Crippen LogP contribution in [-0.4, -0.2) is 21.3 Å². The largest absolute Gasteiger partial charge is 0.396 e. The molecule has 3 rings (SSSR count). The summed E-state index contributed by atoms with van der Waals surface area (Å²) >= 11 is 0. The summed E-state index contributed by atoms with van der Waals surface area (Å²) in [5.41, 5.74) is 10.1. The van der Waals surface area contributed by atoms with Gasteiger partial charge < -0.3 is 9.67 Å². The number of nitrogens with zero attached hydrogens (tertiary/aromatic N) is 2. The summed E-state index contributed by atoms with van der Waals surface area (Å²) in [6, 6.07) is 8.94. The number of aromatic nitrogens is 2. The third kappa shape index (κ3) is 3.47. The Labute approximate surface area is 150 Å². The number of benzene rings is 2. The highest BCUT2D eigenvalue weighted by atomic mass is 16.2. The van der Waals surface area contributed by atoms with E-state index in [1.807, 2.05) is 0 Å². The Morgan fingerprint density at radius 2 is 1.52 bits per heavy atom. The molecule has 0 unspecified atom stereocenters. The van der Waals surface area contributed by atoms with Crippen LogP contribution in [0.3, 0.4) is 0 Å². The highest BCUT2D eigenvalue weighted by Crippen LogP contribution is 2.25. The van der Waals surface area contributed by atoms with Crippen molar-refractivity contribution in [3.63, 3.8) is 0 Å². The lowest BCUT2D eigenvalue weighted by Gasteiger charge is -2.15. The minimum atomic E-state index is 0.198. The number of fused-ring (bicyclic) bond motifs is 1. The average molecular weight is 336 g/mol. The molecule has 3 heteroatoms. The van der Waals surface area contributed by atoms with Crippen LogP contribution in [0.15, 0.2) is 24.3 Å². The average Bonchev–Trinajstić information content (AvgIpc) is 2.86. The van der Waals surface area contributed by atoms with Gasteiger partial charge in [0.05, 0.1) is 11.0 Å². The second kappa shape index (κ2) is 7.01. The number of hydrogen-bond acceptors (Lipinski definition) is 2. The van der Waals surface area contributed by atoms with Gasteiger partial charge in [-0.2, -0.15) is 0 Å². The second-order valence-electron chi connectivity index (χ2n) is 7.24. The topological polar surface area (TPSA) is 38.0 Å². The molecule has 3 nitrogen and oxygen atoms in total. The molecule has 0 aliphatic heterocycles. The first-order valence-corrected chi connectivity index (χ1v) is 9.04. The molecule has 132 valence electrons. The zero-order chi connectivity index (χ0) is 18.1. The summed E-state index contributed by atoms with van der Waals surface area (Å²) < 4.78 is 2.34. The lowest BCUT2D eigenvalue weighted by Crippen LogP contribution is -2.09. The monoisotopic (exact) mass is 336 g/mol. The third-order valence-corrected chi connectivity index (χ3v) is 5.16. The molecule has 1 N–H and O–H groups in total. The fraction of sp³-hybridized carbons (Fsp3) is 0.409. The van der Waals surface area contributed by atoms with E-state index < -0.39 is 0 Å². The smallest absolute Gasteiger partial charge is 0.110 e. The Bertz CT molecular complexity index is 898. The number of aliphatic hydroxyl groups is 1. The van der Waals surface area contributed by atoms with Gasteiger partial charge in [-0.15, -0.1) is 0 Å². The molecule has 2 aromatic carbocycles. The van der Waals surface area contributed by atoms with Gasteiger partial charge in [0.25, 0.3) is 0 Å². The van der Waals surface area contributed by atoms with Crippen molar-refractivity contribution < 1.29 is 5.11 Å². The first-order valence-electron chi connectivity index (χ1n) is 9.04. The number of aliphatic hydroxyl groups excluding tert-OH is 1.